The van der Waals surface area contributed by atoms with Gasteiger partial charge in [-0.3, -0.25) is 0 Å². The van der Waals surface area contributed by atoms with Gasteiger partial charge in [0.15, 0.2) is 0 Å². The molecule has 3 heteroatoms. The Bertz CT molecular complexity index is 276. The molecular weight excluding hydrogens is 303 g/mol. The molecule has 1 N–H and O–H groups in total. The second-order valence-electron chi connectivity index (χ2n) is 3.44. The summed E-state index contributed by atoms with van der Waals surface area (Å²) in [6.45, 7) is 1.07. The number of hydrogen-bond acceptors (Lipinski definition) is 2. The molecule has 0 radical (unpaired) electrons. The minimum absolute atomic E-state index is 0.303. The van der Waals surface area contributed by atoms with Crippen molar-refractivity contribution in [2.24, 2.45) is 0 Å². The number of benzene rings is 1. The maximum Gasteiger partial charge on any atom is 0.120 e. The third-order valence-corrected chi connectivity index (χ3v) is 2.79. The molecule has 0 unspecified atom stereocenters. The van der Waals surface area contributed by atoms with Crippen LogP contribution in [0.4, 0.5) is 0 Å². The molecule has 0 aliphatic rings. The van der Waals surface area contributed by atoms with Gasteiger partial charge in [-0.1, -0.05) is 12.5 Å². The van der Waals surface area contributed by atoms with Crippen molar-refractivity contribution in [3.63, 3.8) is 0 Å². The highest BCUT2D eigenvalue weighted by molar-refractivity contribution is 14.1. The average molecular weight is 320 g/mol. The number of hydrogen-bond donors (Lipinski definition) is 1. The van der Waals surface area contributed by atoms with Crippen LogP contribution in [0.3, 0.4) is 0 Å². The molecule has 2 nitrogen and oxygen atoms in total. The van der Waals surface area contributed by atoms with E-state index in [0.29, 0.717) is 6.61 Å². The monoisotopic (exact) mass is 320 g/mol. The summed E-state index contributed by atoms with van der Waals surface area (Å²) in [5.74, 6) is 0.948. The van der Waals surface area contributed by atoms with Crippen molar-refractivity contribution in [3.8, 4) is 5.75 Å². The highest BCUT2D eigenvalue weighted by Gasteiger charge is 1.94. The van der Waals surface area contributed by atoms with Crippen molar-refractivity contribution in [2.75, 3.05) is 13.2 Å². The van der Waals surface area contributed by atoms with Gasteiger partial charge in [0.25, 0.3) is 0 Å². The van der Waals surface area contributed by atoms with E-state index in [1.807, 2.05) is 18.2 Å². The molecule has 1 aromatic rings. The number of unbranched alkanes of at least 4 members (excludes halogenated alkanes) is 3. The summed E-state index contributed by atoms with van der Waals surface area (Å²) < 4.78 is 6.80. The SMILES string of the molecule is OCCCCCCOc1cccc(I)c1. The zero-order valence-corrected chi connectivity index (χ0v) is 10.9. The van der Waals surface area contributed by atoms with Crippen LogP contribution in [0.1, 0.15) is 25.7 Å². The van der Waals surface area contributed by atoms with E-state index in [4.69, 9.17) is 9.84 Å². The summed E-state index contributed by atoms with van der Waals surface area (Å²) >= 11 is 2.28. The van der Waals surface area contributed by atoms with Gasteiger partial charge >= 0.3 is 0 Å². The molecule has 0 aromatic heterocycles. The molecule has 0 amide bonds. The molecule has 0 aliphatic carbocycles. The number of halogens is 1. The van der Waals surface area contributed by atoms with Gasteiger partial charge in [0.2, 0.25) is 0 Å². The van der Waals surface area contributed by atoms with Crippen LogP contribution in [0.5, 0.6) is 5.75 Å². The molecule has 1 aromatic carbocycles. The van der Waals surface area contributed by atoms with Gasteiger partial charge < -0.3 is 9.84 Å². The first-order chi connectivity index (χ1) is 7.33. The zero-order valence-electron chi connectivity index (χ0n) is 8.79. The van der Waals surface area contributed by atoms with Gasteiger partial charge in [0.1, 0.15) is 5.75 Å². The highest BCUT2D eigenvalue weighted by Crippen LogP contribution is 2.15. The van der Waals surface area contributed by atoms with Crippen LogP contribution in [0.15, 0.2) is 24.3 Å². The Balaban J connectivity index is 2.10. The third-order valence-electron chi connectivity index (χ3n) is 2.12. The van der Waals surface area contributed by atoms with Crippen LogP contribution in [-0.2, 0) is 0 Å². The van der Waals surface area contributed by atoms with Gasteiger partial charge in [-0.15, -0.1) is 0 Å². The molecule has 0 fully saturated rings. The fraction of sp³-hybridized carbons (Fsp3) is 0.500. The fourth-order valence-electron chi connectivity index (χ4n) is 1.31. The van der Waals surface area contributed by atoms with Gasteiger partial charge in [-0.2, -0.15) is 0 Å². The average Bonchev–Trinajstić information content (AvgIpc) is 2.23. The topological polar surface area (TPSA) is 29.5 Å². The van der Waals surface area contributed by atoms with E-state index in [9.17, 15) is 0 Å². The minimum Gasteiger partial charge on any atom is -0.494 e. The summed E-state index contributed by atoms with van der Waals surface area (Å²) in [5.41, 5.74) is 0. The van der Waals surface area contributed by atoms with E-state index in [0.717, 1.165) is 38.0 Å². The third kappa shape index (κ3) is 5.99. The molecule has 0 heterocycles. The molecule has 84 valence electrons. The van der Waals surface area contributed by atoms with E-state index in [-0.39, 0.29) is 0 Å². The van der Waals surface area contributed by atoms with Crippen molar-refractivity contribution >= 4 is 22.6 Å². The van der Waals surface area contributed by atoms with E-state index in [1.165, 1.54) is 3.57 Å². The summed E-state index contributed by atoms with van der Waals surface area (Å²) in [5, 5.41) is 8.60. The first kappa shape index (κ1) is 12.8. The standard InChI is InChI=1S/C12H17IO2/c13-11-6-5-7-12(10-11)15-9-4-2-1-3-8-14/h5-7,10,14H,1-4,8-9H2. The van der Waals surface area contributed by atoms with Crippen LogP contribution >= 0.6 is 22.6 Å². The predicted octanol–water partition coefficient (Wildman–Crippen LogP) is 3.22. The van der Waals surface area contributed by atoms with Crippen molar-refractivity contribution in [1.29, 1.82) is 0 Å². The van der Waals surface area contributed by atoms with Crippen LogP contribution < -0.4 is 4.74 Å². The van der Waals surface area contributed by atoms with Crippen LogP contribution in [0.25, 0.3) is 0 Å². The Morgan fingerprint density at radius 3 is 2.67 bits per heavy atom. The second kappa shape index (κ2) is 7.93. The normalized spacial score (nSPS) is 10.3. The van der Waals surface area contributed by atoms with Crippen LogP contribution in [0, 0.1) is 3.57 Å². The van der Waals surface area contributed by atoms with Crippen molar-refractivity contribution in [3.05, 3.63) is 27.8 Å². The first-order valence-electron chi connectivity index (χ1n) is 5.32. The van der Waals surface area contributed by atoms with E-state index >= 15 is 0 Å². The van der Waals surface area contributed by atoms with Crippen molar-refractivity contribution in [1.82, 2.24) is 0 Å². The quantitative estimate of drug-likeness (QED) is 0.617. The molecule has 0 bridgehead atoms. The van der Waals surface area contributed by atoms with E-state index in [2.05, 4.69) is 28.7 Å². The number of rotatable bonds is 7. The molecule has 15 heavy (non-hydrogen) atoms. The molecule has 0 aliphatic heterocycles. The Morgan fingerprint density at radius 1 is 1.13 bits per heavy atom. The zero-order chi connectivity index (χ0) is 10.9. The number of aliphatic hydroxyl groups excluding tert-OH is 1. The van der Waals surface area contributed by atoms with Crippen molar-refractivity contribution in [2.45, 2.75) is 25.7 Å². The van der Waals surface area contributed by atoms with Gasteiger partial charge in [0.05, 0.1) is 6.61 Å². The summed E-state index contributed by atoms with van der Waals surface area (Å²) in [7, 11) is 0. The molecule has 1 rings (SSSR count). The lowest BCUT2D eigenvalue weighted by Gasteiger charge is -2.05. The fourth-order valence-corrected chi connectivity index (χ4v) is 1.83. The summed E-state index contributed by atoms with van der Waals surface area (Å²) in [6.07, 6.45) is 4.19. The molecule has 0 atom stereocenters. The van der Waals surface area contributed by atoms with Crippen LogP contribution in [0.2, 0.25) is 0 Å². The van der Waals surface area contributed by atoms with Gasteiger partial charge in [-0.25, -0.2) is 0 Å². The first-order valence-corrected chi connectivity index (χ1v) is 6.40. The van der Waals surface area contributed by atoms with E-state index < -0.39 is 0 Å². The Kier molecular flexibility index (Phi) is 6.76. The number of aliphatic hydroxyl groups is 1. The van der Waals surface area contributed by atoms with Crippen LogP contribution in [-0.4, -0.2) is 18.3 Å². The Morgan fingerprint density at radius 2 is 1.93 bits per heavy atom. The molecular formula is C12H17IO2. The minimum atomic E-state index is 0.303. The maximum absolute atomic E-state index is 8.60. The maximum atomic E-state index is 8.60. The van der Waals surface area contributed by atoms with E-state index in [1.54, 1.807) is 0 Å². The lowest BCUT2D eigenvalue weighted by atomic mass is 10.2. The van der Waals surface area contributed by atoms with Gasteiger partial charge in [0, 0.05) is 10.2 Å². The molecule has 0 saturated carbocycles. The second-order valence-corrected chi connectivity index (χ2v) is 4.69. The summed E-state index contributed by atoms with van der Waals surface area (Å²) in [4.78, 5) is 0. The number of ether oxygens (including phenoxy) is 1. The molecule has 0 saturated heterocycles. The largest absolute Gasteiger partial charge is 0.494 e. The van der Waals surface area contributed by atoms with Gasteiger partial charge in [-0.05, 0) is 60.1 Å². The lowest BCUT2D eigenvalue weighted by Crippen LogP contribution is -1.97. The van der Waals surface area contributed by atoms with Crippen molar-refractivity contribution < 1.29 is 9.84 Å². The predicted molar refractivity (Wildman–Crippen MR) is 70.2 cm³/mol. The summed E-state index contributed by atoms with van der Waals surface area (Å²) in [6, 6.07) is 8.07. The Labute approximate surface area is 105 Å². The Hall–Kier alpha value is -0.290. The smallest absolute Gasteiger partial charge is 0.120 e. The highest BCUT2D eigenvalue weighted by atomic mass is 127. The lowest BCUT2D eigenvalue weighted by molar-refractivity contribution is 0.273. The molecule has 0 spiro atoms.